The topological polar surface area (TPSA) is 383 Å². The number of nitrogens with two attached hydrogens (primary N) is 2. The van der Waals surface area contributed by atoms with Crippen LogP contribution in [0.4, 0.5) is 11.4 Å². The van der Waals surface area contributed by atoms with Crippen molar-refractivity contribution in [2.24, 2.45) is 16.5 Å². The van der Waals surface area contributed by atoms with Gasteiger partial charge < -0.3 is 94.7 Å². The summed E-state index contributed by atoms with van der Waals surface area (Å²) < 4.78 is 65.9. The highest BCUT2D eigenvalue weighted by atomic mass is 16.6. The first-order valence-corrected chi connectivity index (χ1v) is 29.4. The average Bonchev–Trinajstić information content (AvgIpc) is 4.07. The standard InChI is InChI=1S/C59H90N8O21/c60-59(61)65-49-6-3-5-47(44-49)51(68)11-12-54(71)66-50(45-57(74)75)58(76)64-48-9-7-46(8-10-48)4-1-2-17-62-53(70)16-20-77-22-24-79-26-28-81-30-32-83-34-36-85-38-40-87-42-43-88-41-39-86-37-35-84-33-31-82-29-27-80-25-23-78-21-18-63-52(69)15-19-67-55(72)13-14-56(67)73/h3,5-10,13-14,44,50H,1-2,4,11-12,15-43,45H2,(H,62,70)(H,63,69)(H,64,76)(H,66,71)(H,74,75)(H4,60,61,65)/t50-/m0/s1. The summed E-state index contributed by atoms with van der Waals surface area (Å²) >= 11 is 0. The van der Waals surface area contributed by atoms with E-state index in [1.54, 1.807) is 30.3 Å². The number of hydrogen-bond acceptors (Lipinski definition) is 21. The fourth-order valence-electron chi connectivity index (χ4n) is 7.58. The van der Waals surface area contributed by atoms with Gasteiger partial charge in [0.1, 0.15) is 6.04 Å². The number of rotatable bonds is 57. The van der Waals surface area contributed by atoms with Crippen molar-refractivity contribution in [2.75, 3.05) is 184 Å². The number of amides is 6. The summed E-state index contributed by atoms with van der Waals surface area (Å²) in [4.78, 5) is 102. The first-order chi connectivity index (χ1) is 42.8. The summed E-state index contributed by atoms with van der Waals surface area (Å²) in [6.07, 6.45) is 3.78. The number of guanidine groups is 1. The van der Waals surface area contributed by atoms with Gasteiger partial charge in [0.15, 0.2) is 11.7 Å². The highest BCUT2D eigenvalue weighted by molar-refractivity contribution is 6.13. The molecule has 0 unspecified atom stereocenters. The van der Waals surface area contributed by atoms with Crippen molar-refractivity contribution in [3.63, 3.8) is 0 Å². The third-order valence-corrected chi connectivity index (χ3v) is 12.1. The van der Waals surface area contributed by atoms with Crippen molar-refractivity contribution >= 4 is 64.5 Å². The van der Waals surface area contributed by atoms with Gasteiger partial charge in [-0.05, 0) is 49.1 Å². The van der Waals surface area contributed by atoms with Crippen LogP contribution in [-0.2, 0) is 96.8 Å². The zero-order valence-corrected chi connectivity index (χ0v) is 50.3. The Kier molecular flexibility index (Phi) is 42.9. The quantitative estimate of drug-likeness (QED) is 0.0157. The molecule has 2 aromatic carbocycles. The Labute approximate surface area is 513 Å². The Balaban J connectivity index is 0.976. The summed E-state index contributed by atoms with van der Waals surface area (Å²) in [6, 6.07) is 11.9. The second-order valence-corrected chi connectivity index (χ2v) is 19.1. The molecule has 492 valence electrons. The lowest BCUT2D eigenvalue weighted by Gasteiger charge is -2.17. The number of hydrogen-bond donors (Lipinski definition) is 7. The van der Waals surface area contributed by atoms with Crippen LogP contribution >= 0.6 is 0 Å². The number of nitrogens with one attached hydrogen (secondary N) is 4. The molecule has 0 fully saturated rings. The van der Waals surface area contributed by atoms with Gasteiger partial charge in [0, 0.05) is 68.7 Å². The first-order valence-electron chi connectivity index (χ1n) is 29.4. The molecule has 1 atom stereocenters. The molecular formula is C59H90N8O21. The lowest BCUT2D eigenvalue weighted by molar-refractivity contribution is -0.140. The highest BCUT2D eigenvalue weighted by Gasteiger charge is 2.25. The number of benzene rings is 2. The molecule has 3 rings (SSSR count). The van der Waals surface area contributed by atoms with Crippen molar-refractivity contribution < 1.29 is 100 Å². The van der Waals surface area contributed by atoms with E-state index in [4.69, 9.17) is 68.3 Å². The second-order valence-electron chi connectivity index (χ2n) is 19.1. The maximum absolute atomic E-state index is 13.0. The van der Waals surface area contributed by atoms with Gasteiger partial charge in [-0.15, -0.1) is 0 Å². The van der Waals surface area contributed by atoms with Crippen LogP contribution in [-0.4, -0.2) is 247 Å². The normalized spacial score (nSPS) is 12.3. The van der Waals surface area contributed by atoms with E-state index in [0.717, 1.165) is 29.7 Å². The number of carbonyl (C=O) groups is 8. The Morgan fingerprint density at radius 3 is 1.41 bits per heavy atom. The summed E-state index contributed by atoms with van der Waals surface area (Å²) in [5, 5.41) is 20.0. The fraction of sp³-hybridized carbons (Fsp3) is 0.610. The number of imide groups is 1. The number of carboxylic acid groups (broad SMARTS) is 1. The van der Waals surface area contributed by atoms with E-state index in [2.05, 4.69) is 26.3 Å². The van der Waals surface area contributed by atoms with Gasteiger partial charge in [-0.1, -0.05) is 24.3 Å². The number of carbonyl (C=O) groups excluding carboxylic acids is 7. The average molecular weight is 1250 g/mol. The molecule has 29 nitrogen and oxygen atoms in total. The number of aliphatic carboxylic acids is 1. The molecule has 1 heterocycles. The highest BCUT2D eigenvalue weighted by Crippen LogP contribution is 2.17. The van der Waals surface area contributed by atoms with Crippen LogP contribution in [0.1, 0.15) is 60.9 Å². The van der Waals surface area contributed by atoms with Crippen LogP contribution in [0.2, 0.25) is 0 Å². The van der Waals surface area contributed by atoms with Crippen molar-refractivity contribution in [1.82, 2.24) is 20.9 Å². The number of ether oxygens (including phenoxy) is 12. The Morgan fingerprint density at radius 2 is 0.943 bits per heavy atom. The maximum Gasteiger partial charge on any atom is 0.305 e. The van der Waals surface area contributed by atoms with Crippen molar-refractivity contribution in [3.8, 4) is 0 Å². The molecule has 0 aliphatic carbocycles. The minimum Gasteiger partial charge on any atom is -0.481 e. The summed E-state index contributed by atoms with van der Waals surface area (Å²) in [5.41, 5.74) is 12.9. The second kappa shape index (κ2) is 50.0. The molecule has 1 aliphatic heterocycles. The lowest BCUT2D eigenvalue weighted by Crippen LogP contribution is -2.45. The van der Waals surface area contributed by atoms with E-state index in [0.29, 0.717) is 176 Å². The number of aliphatic imine (C=N–C) groups is 1. The van der Waals surface area contributed by atoms with E-state index < -0.39 is 42.1 Å². The molecule has 0 radical (unpaired) electrons. The Hall–Kier alpha value is -6.87. The number of Topliss-reactive ketones (excluding diaryl/α,β-unsaturated/α-hetero) is 1. The van der Waals surface area contributed by atoms with Gasteiger partial charge in [-0.25, -0.2) is 4.99 Å². The van der Waals surface area contributed by atoms with Crippen LogP contribution in [0.3, 0.4) is 0 Å². The van der Waals surface area contributed by atoms with E-state index in [1.807, 2.05) is 12.1 Å². The predicted octanol–water partition coefficient (Wildman–Crippen LogP) is 0.612. The van der Waals surface area contributed by atoms with E-state index in [-0.39, 0.29) is 68.0 Å². The number of unbranched alkanes of at least 4 members (excludes halogenated alkanes) is 1. The number of carboxylic acids is 1. The van der Waals surface area contributed by atoms with Crippen molar-refractivity contribution in [1.29, 1.82) is 0 Å². The van der Waals surface area contributed by atoms with Crippen LogP contribution in [0.25, 0.3) is 0 Å². The van der Waals surface area contributed by atoms with Gasteiger partial charge in [0.05, 0.1) is 171 Å². The molecule has 0 aromatic heterocycles. The largest absolute Gasteiger partial charge is 0.481 e. The van der Waals surface area contributed by atoms with E-state index >= 15 is 0 Å². The minimum atomic E-state index is -1.37. The summed E-state index contributed by atoms with van der Waals surface area (Å²) in [6.45, 7) is 10.7. The van der Waals surface area contributed by atoms with Crippen LogP contribution in [0.5, 0.6) is 0 Å². The molecule has 6 amide bonds. The van der Waals surface area contributed by atoms with Crippen LogP contribution in [0.15, 0.2) is 65.7 Å². The molecule has 1 aliphatic rings. The minimum absolute atomic E-state index is 0.0370. The van der Waals surface area contributed by atoms with Crippen molar-refractivity contribution in [2.45, 2.75) is 57.4 Å². The number of ketones is 1. The molecule has 0 saturated carbocycles. The van der Waals surface area contributed by atoms with E-state index in [9.17, 15) is 43.5 Å². The molecule has 9 N–H and O–H groups in total. The third-order valence-electron chi connectivity index (χ3n) is 12.1. The van der Waals surface area contributed by atoms with Crippen LogP contribution in [0, 0.1) is 0 Å². The number of aryl methyl sites for hydroxylation is 1. The third kappa shape index (κ3) is 39.8. The first kappa shape index (κ1) is 75.4. The summed E-state index contributed by atoms with van der Waals surface area (Å²) in [7, 11) is 0. The molecule has 2 aromatic rings. The van der Waals surface area contributed by atoms with Crippen LogP contribution < -0.4 is 32.7 Å². The van der Waals surface area contributed by atoms with Gasteiger partial charge >= 0.3 is 5.97 Å². The monoisotopic (exact) mass is 1250 g/mol. The van der Waals surface area contributed by atoms with E-state index in [1.165, 1.54) is 18.2 Å². The molecule has 88 heavy (non-hydrogen) atoms. The van der Waals surface area contributed by atoms with Gasteiger partial charge in [-0.3, -0.25) is 43.3 Å². The maximum atomic E-state index is 13.0. The molecule has 0 saturated heterocycles. The predicted molar refractivity (Wildman–Crippen MR) is 319 cm³/mol. The lowest BCUT2D eigenvalue weighted by atomic mass is 10.1. The molecular weight excluding hydrogens is 1160 g/mol. The zero-order chi connectivity index (χ0) is 63.5. The number of anilines is 1. The fourth-order valence-corrected chi connectivity index (χ4v) is 7.58. The Bertz CT molecular complexity index is 2360. The smallest absolute Gasteiger partial charge is 0.305 e. The molecule has 0 bridgehead atoms. The Morgan fingerprint density at radius 1 is 0.500 bits per heavy atom. The molecule has 0 spiro atoms. The number of nitrogens with zero attached hydrogens (tertiary/aromatic N) is 2. The SMILES string of the molecule is NC(N)=Nc1cccc(C(=O)CCC(=O)N[C@@H](CC(=O)O)C(=O)Nc2ccc(CCCCNC(=O)CCOCCOCCOCCOCCOCCOCCOCCOCCOCCOCCOCCOCCNC(=O)CCN3C(=O)C=CC3=O)cc2)c1. The van der Waals surface area contributed by atoms with Gasteiger partial charge in [-0.2, -0.15) is 0 Å². The van der Waals surface area contributed by atoms with Gasteiger partial charge in [0.25, 0.3) is 11.8 Å². The summed E-state index contributed by atoms with van der Waals surface area (Å²) in [5.74, 6) is -4.40. The zero-order valence-electron chi connectivity index (χ0n) is 50.3. The van der Waals surface area contributed by atoms with Crippen molar-refractivity contribution in [3.05, 3.63) is 71.8 Å². The molecule has 29 heteroatoms. The van der Waals surface area contributed by atoms with Gasteiger partial charge in [0.2, 0.25) is 23.6 Å².